The van der Waals surface area contributed by atoms with Crippen molar-refractivity contribution in [3.8, 4) is 0 Å². The first kappa shape index (κ1) is 24.3. The van der Waals surface area contributed by atoms with Crippen LogP contribution in [0.15, 0.2) is 39.4 Å². The SMILES string of the molecule is CCCCc1c(Br)c(Br)n(C(C)CC(C)(C(=O)O)C(=O)O)c1C(=O)c1ccccc1. The predicted molar refractivity (Wildman–Crippen MR) is 121 cm³/mol. The highest BCUT2D eigenvalue weighted by Gasteiger charge is 2.44. The number of halogens is 2. The molecule has 0 saturated heterocycles. The third-order valence-corrected chi connectivity index (χ3v) is 7.47. The molecule has 162 valence electrons. The summed E-state index contributed by atoms with van der Waals surface area (Å²) in [5.74, 6) is -3.01. The summed E-state index contributed by atoms with van der Waals surface area (Å²) in [6, 6.07) is 8.29. The fraction of sp³-hybridized carbons (Fsp3) is 0.409. The van der Waals surface area contributed by atoms with Crippen LogP contribution >= 0.6 is 31.9 Å². The zero-order valence-corrected chi connectivity index (χ0v) is 20.3. The van der Waals surface area contributed by atoms with Crippen molar-refractivity contribution in [3.63, 3.8) is 0 Å². The summed E-state index contributed by atoms with van der Waals surface area (Å²) >= 11 is 7.11. The minimum Gasteiger partial charge on any atom is -0.480 e. The average molecular weight is 543 g/mol. The second-order valence-electron chi connectivity index (χ2n) is 7.60. The number of aromatic nitrogens is 1. The number of carbonyl (C=O) groups excluding carboxylic acids is 1. The van der Waals surface area contributed by atoms with Crippen LogP contribution in [0.2, 0.25) is 0 Å². The Morgan fingerprint density at radius 3 is 2.17 bits per heavy atom. The molecule has 8 heteroatoms. The van der Waals surface area contributed by atoms with E-state index < -0.39 is 23.4 Å². The van der Waals surface area contributed by atoms with Crippen LogP contribution in [0.4, 0.5) is 0 Å². The van der Waals surface area contributed by atoms with Gasteiger partial charge in [0.15, 0.2) is 5.41 Å². The summed E-state index contributed by atoms with van der Waals surface area (Å²) in [4.78, 5) is 36.8. The number of ketones is 1. The van der Waals surface area contributed by atoms with Gasteiger partial charge in [0.1, 0.15) is 4.60 Å². The quantitative estimate of drug-likeness (QED) is 0.296. The van der Waals surface area contributed by atoms with Crippen LogP contribution in [0, 0.1) is 5.41 Å². The van der Waals surface area contributed by atoms with Crippen LogP contribution in [-0.4, -0.2) is 32.5 Å². The van der Waals surface area contributed by atoms with Gasteiger partial charge in [-0.15, -0.1) is 0 Å². The zero-order valence-electron chi connectivity index (χ0n) is 17.1. The molecule has 0 spiro atoms. The van der Waals surface area contributed by atoms with Gasteiger partial charge in [0, 0.05) is 11.6 Å². The van der Waals surface area contributed by atoms with E-state index in [9.17, 15) is 24.6 Å². The summed E-state index contributed by atoms with van der Waals surface area (Å²) in [6.07, 6.45) is 2.30. The lowest BCUT2D eigenvalue weighted by Gasteiger charge is -2.26. The summed E-state index contributed by atoms with van der Waals surface area (Å²) < 4.78 is 3.04. The van der Waals surface area contributed by atoms with Gasteiger partial charge in [-0.05, 0) is 70.5 Å². The van der Waals surface area contributed by atoms with E-state index in [0.29, 0.717) is 22.3 Å². The Hall–Kier alpha value is -1.93. The van der Waals surface area contributed by atoms with Crippen molar-refractivity contribution in [1.82, 2.24) is 4.57 Å². The highest BCUT2D eigenvalue weighted by molar-refractivity contribution is 9.13. The minimum absolute atomic E-state index is 0.181. The van der Waals surface area contributed by atoms with Crippen LogP contribution < -0.4 is 0 Å². The molecule has 1 aromatic carbocycles. The summed E-state index contributed by atoms with van der Waals surface area (Å²) in [5.41, 5.74) is -0.192. The number of benzene rings is 1. The third kappa shape index (κ3) is 4.70. The Balaban J connectivity index is 2.65. The second kappa shape index (κ2) is 9.92. The molecule has 1 heterocycles. The molecule has 0 amide bonds. The first-order valence-corrected chi connectivity index (χ1v) is 11.3. The van der Waals surface area contributed by atoms with Crippen LogP contribution in [0.1, 0.15) is 67.7 Å². The van der Waals surface area contributed by atoms with Crippen molar-refractivity contribution in [1.29, 1.82) is 0 Å². The number of hydrogen-bond acceptors (Lipinski definition) is 3. The largest absolute Gasteiger partial charge is 0.480 e. The van der Waals surface area contributed by atoms with Crippen molar-refractivity contribution in [2.45, 2.75) is 52.5 Å². The number of carboxylic acid groups (broad SMARTS) is 2. The van der Waals surface area contributed by atoms with Crippen molar-refractivity contribution < 1.29 is 24.6 Å². The number of rotatable bonds is 10. The normalized spacial score (nSPS) is 12.6. The number of carbonyl (C=O) groups is 3. The minimum atomic E-state index is -1.98. The van der Waals surface area contributed by atoms with Crippen LogP contribution in [0.5, 0.6) is 0 Å². The molecule has 2 N–H and O–H groups in total. The molecule has 0 aliphatic rings. The molecule has 0 bridgehead atoms. The van der Waals surface area contributed by atoms with Crippen molar-refractivity contribution >= 4 is 49.6 Å². The van der Waals surface area contributed by atoms with Crippen LogP contribution in [-0.2, 0) is 16.0 Å². The molecular weight excluding hydrogens is 518 g/mol. The summed E-state index contributed by atoms with van der Waals surface area (Å²) in [7, 11) is 0. The van der Waals surface area contributed by atoms with Crippen molar-refractivity contribution in [2.24, 2.45) is 5.41 Å². The van der Waals surface area contributed by atoms with Gasteiger partial charge in [-0.25, -0.2) is 0 Å². The lowest BCUT2D eigenvalue weighted by atomic mass is 9.84. The Bertz CT molecular complexity index is 938. The van der Waals surface area contributed by atoms with Gasteiger partial charge in [-0.3, -0.25) is 14.4 Å². The van der Waals surface area contributed by atoms with Gasteiger partial charge < -0.3 is 14.8 Å². The van der Waals surface area contributed by atoms with Gasteiger partial charge >= 0.3 is 11.9 Å². The molecule has 1 aromatic heterocycles. The Labute approximate surface area is 192 Å². The van der Waals surface area contributed by atoms with Gasteiger partial charge in [0.05, 0.1) is 10.2 Å². The van der Waals surface area contributed by atoms with E-state index in [0.717, 1.165) is 22.9 Å². The smallest absolute Gasteiger partial charge is 0.320 e. The standard InChI is InChI=1S/C22H25Br2NO5/c1-4-5-11-15-16(23)19(24)25(13(2)12-22(3,20(27)28)21(29)30)17(15)18(26)14-9-7-6-8-10-14/h6-10,13H,4-5,11-12H2,1-3H3,(H,27,28)(H,29,30). The first-order valence-electron chi connectivity index (χ1n) is 9.70. The van der Waals surface area contributed by atoms with E-state index in [-0.39, 0.29) is 12.2 Å². The molecule has 2 rings (SSSR count). The monoisotopic (exact) mass is 541 g/mol. The first-order chi connectivity index (χ1) is 14.1. The van der Waals surface area contributed by atoms with E-state index in [1.54, 1.807) is 35.8 Å². The lowest BCUT2D eigenvalue weighted by molar-refractivity contribution is -0.164. The second-order valence-corrected chi connectivity index (χ2v) is 9.14. The maximum absolute atomic E-state index is 13.5. The van der Waals surface area contributed by atoms with Gasteiger partial charge in [0.25, 0.3) is 0 Å². The Kier molecular flexibility index (Phi) is 8.05. The lowest BCUT2D eigenvalue weighted by Crippen LogP contribution is -2.38. The predicted octanol–water partition coefficient (Wildman–Crippen LogP) is 5.71. The van der Waals surface area contributed by atoms with Crippen LogP contribution in [0.25, 0.3) is 0 Å². The summed E-state index contributed by atoms with van der Waals surface area (Å²) in [5, 5.41) is 19.0. The van der Waals surface area contributed by atoms with E-state index in [2.05, 4.69) is 38.8 Å². The zero-order chi connectivity index (χ0) is 22.6. The van der Waals surface area contributed by atoms with E-state index in [1.165, 1.54) is 6.92 Å². The highest BCUT2D eigenvalue weighted by atomic mass is 79.9. The maximum Gasteiger partial charge on any atom is 0.320 e. The molecule has 6 nitrogen and oxygen atoms in total. The molecule has 0 radical (unpaired) electrons. The molecule has 2 aromatic rings. The fourth-order valence-corrected chi connectivity index (χ4v) is 4.84. The van der Waals surface area contributed by atoms with Gasteiger partial charge in [-0.2, -0.15) is 0 Å². The van der Waals surface area contributed by atoms with E-state index >= 15 is 0 Å². The maximum atomic E-state index is 13.5. The summed E-state index contributed by atoms with van der Waals surface area (Å²) in [6.45, 7) is 4.98. The third-order valence-electron chi connectivity index (χ3n) is 5.30. The van der Waals surface area contributed by atoms with Crippen molar-refractivity contribution in [2.75, 3.05) is 0 Å². The van der Waals surface area contributed by atoms with Gasteiger partial charge in [-0.1, -0.05) is 43.7 Å². The molecule has 30 heavy (non-hydrogen) atoms. The van der Waals surface area contributed by atoms with E-state index in [1.807, 2.05) is 6.07 Å². The number of unbranched alkanes of at least 4 members (excludes halogenated alkanes) is 1. The van der Waals surface area contributed by atoms with Crippen LogP contribution in [0.3, 0.4) is 0 Å². The number of nitrogens with zero attached hydrogens (tertiary/aromatic N) is 1. The number of hydrogen-bond donors (Lipinski definition) is 2. The number of carboxylic acids is 2. The Morgan fingerprint density at radius 1 is 1.10 bits per heavy atom. The molecule has 1 unspecified atom stereocenters. The van der Waals surface area contributed by atoms with E-state index in [4.69, 9.17) is 0 Å². The topological polar surface area (TPSA) is 96.6 Å². The molecule has 0 aliphatic carbocycles. The Morgan fingerprint density at radius 2 is 1.67 bits per heavy atom. The highest BCUT2D eigenvalue weighted by Crippen LogP contribution is 2.40. The molecular formula is C22H25Br2NO5. The fourth-order valence-electron chi connectivity index (χ4n) is 3.49. The number of aliphatic carboxylic acids is 2. The molecule has 0 saturated carbocycles. The molecule has 0 aliphatic heterocycles. The molecule has 0 fully saturated rings. The average Bonchev–Trinajstić information content (AvgIpc) is 2.96. The van der Waals surface area contributed by atoms with Gasteiger partial charge in [0.2, 0.25) is 5.78 Å². The molecule has 1 atom stereocenters. The van der Waals surface area contributed by atoms with Crippen molar-refractivity contribution in [3.05, 3.63) is 56.2 Å².